The van der Waals surface area contributed by atoms with E-state index >= 15 is 0 Å². The molecule has 0 aliphatic carbocycles. The van der Waals surface area contributed by atoms with E-state index in [4.69, 9.17) is 5.73 Å². The molecule has 2 rings (SSSR count). The maximum Gasteiger partial charge on any atom is 0.243 e. The summed E-state index contributed by atoms with van der Waals surface area (Å²) in [4.78, 5) is 14.2. The molecule has 10 heteroatoms. The third kappa shape index (κ3) is 6.09. The van der Waals surface area contributed by atoms with E-state index in [0.29, 0.717) is 31.9 Å². The Morgan fingerprint density at radius 1 is 1.16 bits per heavy atom. The molecule has 0 aromatic heterocycles. The van der Waals surface area contributed by atoms with Crippen molar-refractivity contribution in [1.82, 2.24) is 9.21 Å². The first kappa shape index (κ1) is 24.1. The first-order valence-electron chi connectivity index (χ1n) is 7.50. The molecule has 144 valence electrons. The average molecular weight is 413 g/mol. The average Bonchev–Trinajstić information content (AvgIpc) is 2.47. The zero-order chi connectivity index (χ0) is 17.3. The monoisotopic (exact) mass is 412 g/mol. The van der Waals surface area contributed by atoms with Crippen LogP contribution in [0.1, 0.15) is 13.8 Å². The molecule has 1 amide bonds. The van der Waals surface area contributed by atoms with Gasteiger partial charge >= 0.3 is 0 Å². The number of nitrogens with one attached hydrogen (secondary N) is 1. The van der Waals surface area contributed by atoms with Crippen LogP contribution in [-0.4, -0.2) is 62.3 Å². The predicted octanol–water partition coefficient (Wildman–Crippen LogP) is 1.14. The predicted molar refractivity (Wildman–Crippen MR) is 104 cm³/mol. The minimum Gasteiger partial charge on any atom is -0.324 e. The second-order valence-corrected chi connectivity index (χ2v) is 8.35. The fourth-order valence-electron chi connectivity index (χ4n) is 2.20. The summed E-state index contributed by atoms with van der Waals surface area (Å²) in [7, 11) is -1.59. The Kier molecular flexibility index (Phi) is 8.83. The summed E-state index contributed by atoms with van der Waals surface area (Å²) in [5.74, 6) is -0.369. The molecule has 0 spiro atoms. The van der Waals surface area contributed by atoms with Crippen LogP contribution < -0.4 is 11.1 Å². The molecule has 1 aliphatic rings. The number of nitrogens with zero attached hydrogens (tertiary/aromatic N) is 2. The molecule has 7 nitrogen and oxygen atoms in total. The Bertz CT molecular complexity index is 684. The highest BCUT2D eigenvalue weighted by atomic mass is 35.5. The number of rotatable bonds is 4. The van der Waals surface area contributed by atoms with Gasteiger partial charge in [0.2, 0.25) is 15.9 Å². The van der Waals surface area contributed by atoms with E-state index in [1.165, 1.54) is 16.4 Å². The van der Waals surface area contributed by atoms with Crippen molar-refractivity contribution in [2.45, 2.75) is 24.3 Å². The number of carbonyl (C=O) groups excluding carboxylic acids is 1. The molecular formula is C15H26Cl2N4O3S. The van der Waals surface area contributed by atoms with Crippen LogP contribution in [-0.2, 0) is 14.8 Å². The normalized spacial score (nSPS) is 16.5. The lowest BCUT2D eigenvalue weighted by Crippen LogP contribution is -2.47. The molecule has 3 N–H and O–H groups in total. The summed E-state index contributed by atoms with van der Waals surface area (Å²) in [5, 5.41) is 2.65. The van der Waals surface area contributed by atoms with Gasteiger partial charge in [-0.1, -0.05) is 6.07 Å². The molecule has 0 radical (unpaired) electrons. The van der Waals surface area contributed by atoms with Crippen molar-refractivity contribution < 1.29 is 13.2 Å². The zero-order valence-corrected chi connectivity index (χ0v) is 17.0. The van der Waals surface area contributed by atoms with Crippen LogP contribution in [0.15, 0.2) is 29.2 Å². The van der Waals surface area contributed by atoms with Crippen molar-refractivity contribution in [2.75, 3.05) is 38.5 Å². The van der Waals surface area contributed by atoms with Crippen molar-refractivity contribution in [2.24, 2.45) is 5.73 Å². The van der Waals surface area contributed by atoms with E-state index in [9.17, 15) is 13.2 Å². The number of hydrogen-bond acceptors (Lipinski definition) is 5. The SMILES string of the molecule is CN1CCN(S(=O)(=O)c2cccc(NC(=O)C(C)(C)N)c2)CC1.Cl.Cl. The Balaban J connectivity index is 0.00000288. The maximum atomic E-state index is 12.7. The topological polar surface area (TPSA) is 95.7 Å². The molecular weight excluding hydrogens is 387 g/mol. The van der Waals surface area contributed by atoms with Gasteiger partial charge in [0.05, 0.1) is 10.4 Å². The van der Waals surface area contributed by atoms with E-state index in [0.717, 1.165) is 0 Å². The first-order valence-corrected chi connectivity index (χ1v) is 8.94. The summed E-state index contributed by atoms with van der Waals surface area (Å²) in [6.07, 6.45) is 0. The van der Waals surface area contributed by atoms with Crippen LogP contribution >= 0.6 is 24.8 Å². The summed E-state index contributed by atoms with van der Waals surface area (Å²) in [5.41, 5.74) is 5.12. The molecule has 1 saturated heterocycles. The number of halogens is 2. The highest BCUT2D eigenvalue weighted by molar-refractivity contribution is 7.89. The molecule has 1 aromatic rings. The quantitative estimate of drug-likeness (QED) is 0.772. The molecule has 0 atom stereocenters. The Labute approximate surface area is 161 Å². The number of amides is 1. The summed E-state index contributed by atoms with van der Waals surface area (Å²) >= 11 is 0. The van der Waals surface area contributed by atoms with Crippen molar-refractivity contribution in [1.29, 1.82) is 0 Å². The second-order valence-electron chi connectivity index (χ2n) is 6.41. The number of sulfonamides is 1. The third-order valence-corrected chi connectivity index (χ3v) is 5.67. The van der Waals surface area contributed by atoms with Crippen molar-refractivity contribution >= 4 is 46.4 Å². The first-order chi connectivity index (χ1) is 10.6. The molecule has 0 bridgehead atoms. The van der Waals surface area contributed by atoms with E-state index in [1.54, 1.807) is 26.0 Å². The molecule has 1 aliphatic heterocycles. The molecule has 1 fully saturated rings. The maximum absolute atomic E-state index is 12.7. The Morgan fingerprint density at radius 3 is 2.24 bits per heavy atom. The van der Waals surface area contributed by atoms with E-state index in [-0.39, 0.29) is 35.6 Å². The standard InChI is InChI=1S/C15H24N4O3S.2ClH/c1-15(2,16)14(20)17-12-5-4-6-13(11-12)23(21,22)19-9-7-18(3)8-10-19;;/h4-6,11H,7-10,16H2,1-3H3,(H,17,20);2*1H. The van der Waals surface area contributed by atoms with Gasteiger partial charge in [-0.3, -0.25) is 4.79 Å². The van der Waals surface area contributed by atoms with Gasteiger partial charge in [-0.25, -0.2) is 8.42 Å². The number of benzene rings is 1. The molecule has 25 heavy (non-hydrogen) atoms. The summed E-state index contributed by atoms with van der Waals surface area (Å²) in [6, 6.07) is 6.27. The fourth-order valence-corrected chi connectivity index (χ4v) is 3.67. The van der Waals surface area contributed by atoms with Gasteiger partial charge in [-0.2, -0.15) is 4.31 Å². The fraction of sp³-hybridized carbons (Fsp3) is 0.533. The van der Waals surface area contributed by atoms with E-state index in [2.05, 4.69) is 10.2 Å². The minimum atomic E-state index is -3.56. The molecule has 0 unspecified atom stereocenters. The number of anilines is 1. The van der Waals surface area contributed by atoms with E-state index < -0.39 is 15.6 Å². The number of carbonyl (C=O) groups is 1. The Morgan fingerprint density at radius 2 is 1.72 bits per heavy atom. The lowest BCUT2D eigenvalue weighted by molar-refractivity contribution is -0.120. The molecule has 0 saturated carbocycles. The smallest absolute Gasteiger partial charge is 0.243 e. The number of piperazine rings is 1. The molecule has 1 heterocycles. The van der Waals surface area contributed by atoms with E-state index in [1.807, 2.05) is 7.05 Å². The van der Waals surface area contributed by atoms with Crippen LogP contribution in [0.25, 0.3) is 0 Å². The van der Waals surface area contributed by atoms with Crippen molar-refractivity contribution in [3.05, 3.63) is 24.3 Å². The summed E-state index contributed by atoms with van der Waals surface area (Å²) in [6.45, 7) is 5.52. The van der Waals surface area contributed by atoms with Gasteiger partial charge < -0.3 is 16.0 Å². The number of hydrogen-bond donors (Lipinski definition) is 2. The van der Waals surface area contributed by atoms with Crippen LogP contribution in [0.2, 0.25) is 0 Å². The van der Waals surface area contributed by atoms with Gasteiger partial charge in [0, 0.05) is 31.9 Å². The second kappa shape index (κ2) is 9.16. The Hall–Kier alpha value is -0.900. The van der Waals surface area contributed by atoms with Gasteiger partial charge in [-0.05, 0) is 39.1 Å². The summed E-state index contributed by atoms with van der Waals surface area (Å²) < 4.78 is 26.9. The van der Waals surface area contributed by atoms with Crippen LogP contribution in [0.3, 0.4) is 0 Å². The third-order valence-electron chi connectivity index (χ3n) is 3.78. The largest absolute Gasteiger partial charge is 0.324 e. The highest BCUT2D eigenvalue weighted by Crippen LogP contribution is 2.21. The minimum absolute atomic E-state index is 0. The van der Waals surface area contributed by atoms with Gasteiger partial charge in [0.15, 0.2) is 0 Å². The lowest BCUT2D eigenvalue weighted by atomic mass is 10.1. The van der Waals surface area contributed by atoms with Crippen LogP contribution in [0, 0.1) is 0 Å². The highest BCUT2D eigenvalue weighted by Gasteiger charge is 2.28. The van der Waals surface area contributed by atoms with Crippen LogP contribution in [0.5, 0.6) is 0 Å². The van der Waals surface area contributed by atoms with Gasteiger partial charge in [-0.15, -0.1) is 24.8 Å². The van der Waals surface area contributed by atoms with Crippen molar-refractivity contribution in [3.63, 3.8) is 0 Å². The van der Waals surface area contributed by atoms with Crippen molar-refractivity contribution in [3.8, 4) is 0 Å². The van der Waals surface area contributed by atoms with Crippen LogP contribution in [0.4, 0.5) is 5.69 Å². The molecule has 1 aromatic carbocycles. The zero-order valence-electron chi connectivity index (χ0n) is 14.6. The van der Waals surface area contributed by atoms with Gasteiger partial charge in [0.1, 0.15) is 0 Å². The lowest BCUT2D eigenvalue weighted by Gasteiger charge is -2.31. The van der Waals surface area contributed by atoms with Gasteiger partial charge in [0.25, 0.3) is 0 Å². The number of nitrogens with two attached hydrogens (primary N) is 1. The number of likely N-dealkylation sites (N-methyl/N-ethyl adjacent to an activating group) is 1.